The first-order valence-corrected chi connectivity index (χ1v) is 26.4. The van der Waals surface area contributed by atoms with Crippen LogP contribution in [0.1, 0.15) is 213 Å². The molecule has 3 N–H and O–H groups in total. The van der Waals surface area contributed by atoms with Gasteiger partial charge >= 0.3 is 19.8 Å². The molecule has 0 spiro atoms. The number of esters is 2. The first-order chi connectivity index (χ1) is 30.3. The molecule has 2 atom stereocenters. The van der Waals surface area contributed by atoms with Crippen LogP contribution in [0.5, 0.6) is 0 Å². The Labute approximate surface area is 380 Å². The molecule has 0 amide bonds. The van der Waals surface area contributed by atoms with E-state index in [-0.39, 0.29) is 32.6 Å². The number of allylic oxidation sites excluding steroid dienone is 12. The van der Waals surface area contributed by atoms with Crippen molar-refractivity contribution in [2.24, 2.45) is 5.73 Å². The molecule has 0 aromatic carbocycles. The number of hydrogen-bond acceptors (Lipinski definition) is 8. The van der Waals surface area contributed by atoms with Crippen molar-refractivity contribution < 1.29 is 37.6 Å². The van der Waals surface area contributed by atoms with Crippen LogP contribution in [-0.4, -0.2) is 49.3 Å². The van der Waals surface area contributed by atoms with E-state index in [1.54, 1.807) is 0 Å². The van der Waals surface area contributed by atoms with Crippen molar-refractivity contribution in [1.29, 1.82) is 0 Å². The summed E-state index contributed by atoms with van der Waals surface area (Å²) in [4.78, 5) is 35.0. The van der Waals surface area contributed by atoms with Gasteiger partial charge in [0.05, 0.1) is 13.2 Å². The second-order valence-corrected chi connectivity index (χ2v) is 17.8. The zero-order chi connectivity index (χ0) is 45.3. The number of nitrogens with two attached hydrogens (primary N) is 1. The maximum atomic E-state index is 12.6. The summed E-state index contributed by atoms with van der Waals surface area (Å²) >= 11 is 0. The molecule has 2 unspecified atom stereocenters. The van der Waals surface area contributed by atoms with E-state index in [1.165, 1.54) is 109 Å². The highest BCUT2D eigenvalue weighted by Gasteiger charge is 2.26. The molecule has 0 aliphatic heterocycles. The van der Waals surface area contributed by atoms with E-state index in [2.05, 4.69) is 86.8 Å². The predicted molar refractivity (Wildman–Crippen MR) is 261 cm³/mol. The molecular weight excluding hydrogens is 798 g/mol. The van der Waals surface area contributed by atoms with Gasteiger partial charge in [-0.2, -0.15) is 0 Å². The Kier molecular flexibility index (Phi) is 45.9. The van der Waals surface area contributed by atoms with Gasteiger partial charge in [-0.15, -0.1) is 0 Å². The van der Waals surface area contributed by atoms with Crippen molar-refractivity contribution >= 4 is 19.8 Å². The molecule has 0 radical (unpaired) electrons. The van der Waals surface area contributed by atoms with Crippen LogP contribution in [0.15, 0.2) is 72.9 Å². The topological polar surface area (TPSA) is 134 Å². The third-order valence-corrected chi connectivity index (χ3v) is 11.3. The van der Waals surface area contributed by atoms with Crippen molar-refractivity contribution in [3.05, 3.63) is 72.9 Å². The summed E-state index contributed by atoms with van der Waals surface area (Å²) in [5.41, 5.74) is 5.36. The number of rotatable bonds is 46. The number of carbonyl (C=O) groups is 2. The molecule has 0 aromatic rings. The molecule has 358 valence electrons. The maximum Gasteiger partial charge on any atom is 0.472 e. The van der Waals surface area contributed by atoms with Crippen LogP contribution in [0.25, 0.3) is 0 Å². The van der Waals surface area contributed by atoms with Crippen molar-refractivity contribution in [2.75, 3.05) is 26.4 Å². The quantitative estimate of drug-likeness (QED) is 0.0265. The van der Waals surface area contributed by atoms with E-state index < -0.39 is 32.5 Å². The standard InChI is InChI=1S/C52H92NO8P/c1-3-5-7-9-11-13-15-17-19-21-23-25-27-29-31-33-35-37-39-41-43-45-52(55)61-50(49-60-62(56,57)59-47-46-53)48-58-51(54)44-42-40-38-36-34-32-30-28-26-24-22-20-18-16-14-12-10-8-6-4-2/h5,7,11,13,17,19,23,25,29,31,35,37,50H,3-4,6,8-10,12,14-16,18,20-22,24,26-28,30,32-34,36,38-49,53H2,1-2H3,(H,56,57)/b7-5-,13-11-,19-17-,25-23-,31-29-,37-35-. The number of carbonyl (C=O) groups excluding carboxylic acids is 2. The lowest BCUT2D eigenvalue weighted by atomic mass is 10.0. The lowest BCUT2D eigenvalue weighted by Gasteiger charge is -2.19. The van der Waals surface area contributed by atoms with E-state index in [1.807, 2.05) is 0 Å². The largest absolute Gasteiger partial charge is 0.472 e. The monoisotopic (exact) mass is 890 g/mol. The first kappa shape index (κ1) is 59.5. The third-order valence-electron chi connectivity index (χ3n) is 10.4. The Morgan fingerprint density at radius 3 is 1.32 bits per heavy atom. The second kappa shape index (κ2) is 47.9. The van der Waals surface area contributed by atoms with Gasteiger partial charge in [0.25, 0.3) is 0 Å². The summed E-state index contributed by atoms with van der Waals surface area (Å²) in [6.45, 7) is 3.59. The zero-order valence-corrected chi connectivity index (χ0v) is 40.5. The molecule has 0 bridgehead atoms. The molecule has 0 heterocycles. The van der Waals surface area contributed by atoms with Gasteiger partial charge in [-0.25, -0.2) is 4.57 Å². The van der Waals surface area contributed by atoms with Gasteiger partial charge in [0.15, 0.2) is 6.10 Å². The number of unbranched alkanes of at least 4 members (excludes halogenated alkanes) is 21. The fourth-order valence-corrected chi connectivity index (χ4v) is 7.46. The molecule has 0 saturated carbocycles. The maximum absolute atomic E-state index is 12.6. The minimum atomic E-state index is -4.40. The van der Waals surface area contributed by atoms with Gasteiger partial charge < -0.3 is 20.1 Å². The van der Waals surface area contributed by atoms with E-state index in [9.17, 15) is 19.0 Å². The van der Waals surface area contributed by atoms with Gasteiger partial charge in [0, 0.05) is 19.4 Å². The van der Waals surface area contributed by atoms with Gasteiger partial charge in [0.2, 0.25) is 0 Å². The minimum Gasteiger partial charge on any atom is -0.462 e. The van der Waals surface area contributed by atoms with Crippen LogP contribution in [0.3, 0.4) is 0 Å². The lowest BCUT2D eigenvalue weighted by Crippen LogP contribution is -2.29. The molecule has 0 saturated heterocycles. The molecule has 62 heavy (non-hydrogen) atoms. The van der Waals surface area contributed by atoms with Crippen LogP contribution in [0.4, 0.5) is 0 Å². The predicted octanol–water partition coefficient (Wildman–Crippen LogP) is 15.0. The summed E-state index contributed by atoms with van der Waals surface area (Å²) < 4.78 is 32.9. The molecule has 9 nitrogen and oxygen atoms in total. The van der Waals surface area contributed by atoms with Crippen LogP contribution < -0.4 is 5.73 Å². The Hall–Kier alpha value is -2.55. The molecule has 0 aliphatic rings. The second-order valence-electron chi connectivity index (χ2n) is 16.3. The zero-order valence-electron chi connectivity index (χ0n) is 39.6. The van der Waals surface area contributed by atoms with E-state index in [0.717, 1.165) is 70.6 Å². The Bertz CT molecular complexity index is 1240. The van der Waals surface area contributed by atoms with E-state index in [0.29, 0.717) is 6.42 Å². The van der Waals surface area contributed by atoms with Crippen LogP contribution in [0, 0.1) is 0 Å². The minimum absolute atomic E-state index is 0.0437. The Morgan fingerprint density at radius 2 is 0.887 bits per heavy atom. The average Bonchev–Trinajstić information content (AvgIpc) is 3.26. The van der Waals surface area contributed by atoms with Gasteiger partial charge in [0.1, 0.15) is 6.61 Å². The van der Waals surface area contributed by atoms with Crippen molar-refractivity contribution in [2.45, 2.75) is 219 Å². The SMILES string of the molecule is CC/C=C\C/C=C\C/C=C\C/C=C\C/C=C\C/C=C\CCCCC(=O)OC(COC(=O)CCCCCCCCCCCCCCCCCCCCCC)COP(=O)(O)OCCN. The molecule has 0 aromatic heterocycles. The summed E-state index contributed by atoms with van der Waals surface area (Å²) in [5, 5.41) is 0. The Morgan fingerprint density at radius 1 is 0.500 bits per heavy atom. The summed E-state index contributed by atoms with van der Waals surface area (Å²) in [5.74, 6) is -0.876. The lowest BCUT2D eigenvalue weighted by molar-refractivity contribution is -0.161. The van der Waals surface area contributed by atoms with Crippen LogP contribution in [0.2, 0.25) is 0 Å². The molecular formula is C52H92NO8P. The van der Waals surface area contributed by atoms with Crippen LogP contribution >= 0.6 is 7.82 Å². The summed E-state index contributed by atoms with van der Waals surface area (Å²) in [6, 6.07) is 0. The summed E-state index contributed by atoms with van der Waals surface area (Å²) in [6.07, 6.45) is 59.4. The van der Waals surface area contributed by atoms with Crippen molar-refractivity contribution in [1.82, 2.24) is 0 Å². The van der Waals surface area contributed by atoms with Gasteiger partial charge in [-0.05, 0) is 64.2 Å². The highest BCUT2D eigenvalue weighted by molar-refractivity contribution is 7.47. The third kappa shape index (κ3) is 46.9. The molecule has 0 rings (SSSR count). The van der Waals surface area contributed by atoms with E-state index >= 15 is 0 Å². The molecule has 10 heteroatoms. The first-order valence-electron chi connectivity index (χ1n) is 24.9. The van der Waals surface area contributed by atoms with Crippen molar-refractivity contribution in [3.63, 3.8) is 0 Å². The fraction of sp³-hybridized carbons (Fsp3) is 0.731. The average molecular weight is 890 g/mol. The number of phosphoric acid groups is 1. The highest BCUT2D eigenvalue weighted by atomic mass is 31.2. The normalized spacial score (nSPS) is 13.8. The number of phosphoric ester groups is 1. The Balaban J connectivity index is 4.15. The molecule has 0 fully saturated rings. The number of ether oxygens (including phenoxy) is 2. The highest BCUT2D eigenvalue weighted by Crippen LogP contribution is 2.43. The summed E-state index contributed by atoms with van der Waals surface area (Å²) in [7, 11) is -4.40. The smallest absolute Gasteiger partial charge is 0.462 e. The number of hydrogen-bond donors (Lipinski definition) is 2. The van der Waals surface area contributed by atoms with Crippen molar-refractivity contribution in [3.8, 4) is 0 Å². The van der Waals surface area contributed by atoms with Crippen LogP contribution in [-0.2, 0) is 32.7 Å². The fourth-order valence-electron chi connectivity index (χ4n) is 6.70. The van der Waals surface area contributed by atoms with Gasteiger partial charge in [-0.3, -0.25) is 18.6 Å². The van der Waals surface area contributed by atoms with Gasteiger partial charge in [-0.1, -0.05) is 209 Å². The molecule has 0 aliphatic carbocycles. The van der Waals surface area contributed by atoms with E-state index in [4.69, 9.17) is 24.3 Å².